The van der Waals surface area contributed by atoms with Crippen LogP contribution in [0.1, 0.15) is 42.3 Å². The number of hydrogen-bond donors (Lipinski definition) is 0. The third-order valence-corrected chi connectivity index (χ3v) is 6.37. The molecule has 3 heterocycles. The molecule has 4 rings (SSSR count). The minimum absolute atomic E-state index is 0.514. The molecule has 0 spiro atoms. The molecule has 1 aliphatic heterocycles. The van der Waals surface area contributed by atoms with Crippen LogP contribution in [0.5, 0.6) is 0 Å². The van der Waals surface area contributed by atoms with E-state index in [1.165, 1.54) is 23.5 Å². The average molecular weight is 408 g/mol. The van der Waals surface area contributed by atoms with E-state index in [-0.39, 0.29) is 0 Å². The molecule has 0 N–H and O–H groups in total. The summed E-state index contributed by atoms with van der Waals surface area (Å²) in [6, 6.07) is 0.514. The normalized spacial score (nSPS) is 19.6. The highest BCUT2D eigenvalue weighted by Crippen LogP contribution is 2.41. The number of thiazole rings is 1. The van der Waals surface area contributed by atoms with E-state index in [2.05, 4.69) is 48.1 Å². The number of hydrogen-bond acceptors (Lipinski definition) is 6. The fraction of sp³-hybridized carbons (Fsp3) is 0.588. The molecule has 7 heteroatoms. The van der Waals surface area contributed by atoms with E-state index >= 15 is 0 Å². The fourth-order valence-corrected chi connectivity index (χ4v) is 4.44. The first-order valence-electron chi connectivity index (χ1n) is 8.56. The Morgan fingerprint density at radius 3 is 2.58 bits per heavy atom. The third kappa shape index (κ3) is 3.78. The molecule has 1 saturated carbocycles. The van der Waals surface area contributed by atoms with Crippen LogP contribution >= 0.6 is 27.3 Å². The highest BCUT2D eigenvalue weighted by atomic mass is 79.9. The van der Waals surface area contributed by atoms with Gasteiger partial charge in [-0.1, -0.05) is 0 Å². The van der Waals surface area contributed by atoms with E-state index in [4.69, 9.17) is 4.98 Å². The number of halogens is 1. The largest absolute Gasteiger partial charge is 0.341 e. The SMILES string of the molecule is CN(c1ncc(Br)cn1)C1CCN(Cc2csc(C3CC3)n2)CC1. The summed E-state index contributed by atoms with van der Waals surface area (Å²) in [5, 5.41) is 3.61. The molecule has 0 bridgehead atoms. The molecule has 0 amide bonds. The van der Waals surface area contributed by atoms with Crippen molar-refractivity contribution in [3.05, 3.63) is 32.9 Å². The van der Waals surface area contributed by atoms with E-state index < -0.39 is 0 Å². The summed E-state index contributed by atoms with van der Waals surface area (Å²) in [4.78, 5) is 18.4. The van der Waals surface area contributed by atoms with Crippen molar-refractivity contribution in [2.75, 3.05) is 25.0 Å². The third-order valence-electron chi connectivity index (χ3n) is 4.91. The average Bonchev–Trinajstić information content (AvgIpc) is 3.36. The highest BCUT2D eigenvalue weighted by Gasteiger charge is 2.28. The van der Waals surface area contributed by atoms with Gasteiger partial charge in [0.2, 0.25) is 5.95 Å². The zero-order chi connectivity index (χ0) is 16.5. The quantitative estimate of drug-likeness (QED) is 0.756. The molecule has 0 radical (unpaired) electrons. The summed E-state index contributed by atoms with van der Waals surface area (Å²) in [6.45, 7) is 3.22. The van der Waals surface area contributed by atoms with Crippen LogP contribution in [0, 0.1) is 0 Å². The van der Waals surface area contributed by atoms with Crippen LogP contribution in [0.25, 0.3) is 0 Å². The van der Waals surface area contributed by atoms with Gasteiger partial charge in [0.1, 0.15) is 0 Å². The molecule has 0 atom stereocenters. The van der Waals surface area contributed by atoms with Gasteiger partial charge in [-0.2, -0.15) is 0 Å². The number of piperidine rings is 1. The monoisotopic (exact) mass is 407 g/mol. The molecule has 0 unspecified atom stereocenters. The molecule has 24 heavy (non-hydrogen) atoms. The maximum Gasteiger partial charge on any atom is 0.225 e. The predicted octanol–water partition coefficient (Wildman–Crippen LogP) is 3.67. The van der Waals surface area contributed by atoms with Crippen molar-refractivity contribution in [2.45, 2.75) is 44.2 Å². The number of rotatable bonds is 5. The van der Waals surface area contributed by atoms with Crippen LogP contribution in [0.15, 0.2) is 22.2 Å². The van der Waals surface area contributed by atoms with Crippen LogP contribution in [0.3, 0.4) is 0 Å². The van der Waals surface area contributed by atoms with Crippen LogP contribution in [-0.4, -0.2) is 46.0 Å². The second-order valence-corrected chi connectivity index (χ2v) is 8.58. The Kier molecular flexibility index (Phi) is 4.83. The van der Waals surface area contributed by atoms with Gasteiger partial charge in [-0.05, 0) is 41.6 Å². The summed E-state index contributed by atoms with van der Waals surface area (Å²) in [6.07, 6.45) is 8.60. The van der Waals surface area contributed by atoms with Gasteiger partial charge in [0.25, 0.3) is 0 Å². The maximum atomic E-state index is 4.82. The Labute approximate surface area is 155 Å². The van der Waals surface area contributed by atoms with Crippen molar-refractivity contribution in [2.24, 2.45) is 0 Å². The molecule has 2 aliphatic rings. The maximum absolute atomic E-state index is 4.82. The van der Waals surface area contributed by atoms with Crippen molar-refractivity contribution in [3.63, 3.8) is 0 Å². The lowest BCUT2D eigenvalue weighted by atomic mass is 10.0. The number of aromatic nitrogens is 3. The molecular formula is C17H22BrN5S. The molecule has 5 nitrogen and oxygen atoms in total. The Balaban J connectivity index is 1.30. The lowest BCUT2D eigenvalue weighted by Crippen LogP contribution is -2.43. The lowest BCUT2D eigenvalue weighted by molar-refractivity contribution is 0.201. The van der Waals surface area contributed by atoms with Gasteiger partial charge in [-0.3, -0.25) is 4.90 Å². The van der Waals surface area contributed by atoms with E-state index in [0.717, 1.165) is 48.8 Å². The van der Waals surface area contributed by atoms with Gasteiger partial charge in [0.15, 0.2) is 0 Å². The molecule has 2 aromatic heterocycles. The molecular weight excluding hydrogens is 386 g/mol. The highest BCUT2D eigenvalue weighted by molar-refractivity contribution is 9.10. The molecule has 128 valence electrons. The van der Waals surface area contributed by atoms with Gasteiger partial charge in [-0.25, -0.2) is 15.0 Å². The van der Waals surface area contributed by atoms with Crippen molar-refractivity contribution < 1.29 is 0 Å². The predicted molar refractivity (Wildman–Crippen MR) is 101 cm³/mol. The first-order valence-corrected chi connectivity index (χ1v) is 10.2. The lowest BCUT2D eigenvalue weighted by Gasteiger charge is -2.36. The van der Waals surface area contributed by atoms with E-state index in [9.17, 15) is 0 Å². The number of likely N-dealkylation sites (tertiary alicyclic amines) is 1. The van der Waals surface area contributed by atoms with Crippen molar-refractivity contribution in [1.29, 1.82) is 0 Å². The van der Waals surface area contributed by atoms with Crippen LogP contribution < -0.4 is 4.90 Å². The fourth-order valence-electron chi connectivity index (χ4n) is 3.26. The van der Waals surface area contributed by atoms with Crippen molar-refractivity contribution >= 4 is 33.2 Å². The summed E-state index contributed by atoms with van der Waals surface area (Å²) in [7, 11) is 2.10. The number of anilines is 1. The zero-order valence-electron chi connectivity index (χ0n) is 13.9. The van der Waals surface area contributed by atoms with Gasteiger partial charge < -0.3 is 4.90 Å². The first kappa shape index (κ1) is 16.4. The Hall–Kier alpha value is -1.05. The van der Waals surface area contributed by atoms with Gasteiger partial charge in [-0.15, -0.1) is 11.3 Å². The molecule has 2 aromatic rings. The standard InChI is InChI=1S/C17H22BrN5S/c1-22(17-19-8-13(18)9-20-17)15-4-6-23(7-5-15)10-14-11-24-16(21-14)12-2-3-12/h8-9,11-12,15H,2-7,10H2,1H3. The summed E-state index contributed by atoms with van der Waals surface area (Å²) in [5.41, 5.74) is 1.25. The van der Waals surface area contributed by atoms with E-state index in [1.807, 2.05) is 23.7 Å². The molecule has 0 aromatic carbocycles. The van der Waals surface area contributed by atoms with E-state index in [1.54, 1.807) is 0 Å². The van der Waals surface area contributed by atoms with Gasteiger partial charge >= 0.3 is 0 Å². The Morgan fingerprint density at radius 1 is 1.21 bits per heavy atom. The van der Waals surface area contributed by atoms with Gasteiger partial charge in [0, 0.05) is 56.4 Å². The topological polar surface area (TPSA) is 45.2 Å². The van der Waals surface area contributed by atoms with Crippen LogP contribution in [0.2, 0.25) is 0 Å². The van der Waals surface area contributed by atoms with E-state index in [0.29, 0.717) is 6.04 Å². The molecule has 2 fully saturated rings. The summed E-state index contributed by atoms with van der Waals surface area (Å²) < 4.78 is 0.920. The minimum atomic E-state index is 0.514. The smallest absolute Gasteiger partial charge is 0.225 e. The van der Waals surface area contributed by atoms with Gasteiger partial charge in [0.05, 0.1) is 15.2 Å². The molecule has 1 aliphatic carbocycles. The van der Waals surface area contributed by atoms with Crippen LogP contribution in [0.4, 0.5) is 5.95 Å². The second kappa shape index (κ2) is 7.06. The van der Waals surface area contributed by atoms with Crippen LogP contribution in [-0.2, 0) is 6.54 Å². The first-order chi connectivity index (χ1) is 11.7. The zero-order valence-corrected chi connectivity index (χ0v) is 16.3. The summed E-state index contributed by atoms with van der Waals surface area (Å²) in [5.74, 6) is 1.58. The van der Waals surface area contributed by atoms with Crippen molar-refractivity contribution in [3.8, 4) is 0 Å². The summed E-state index contributed by atoms with van der Waals surface area (Å²) >= 11 is 5.24. The Bertz CT molecular complexity index is 677. The molecule has 1 saturated heterocycles. The van der Waals surface area contributed by atoms with Crippen molar-refractivity contribution in [1.82, 2.24) is 19.9 Å². The minimum Gasteiger partial charge on any atom is -0.341 e. The second-order valence-electron chi connectivity index (χ2n) is 6.77. The Morgan fingerprint density at radius 2 is 1.92 bits per heavy atom. The number of nitrogens with zero attached hydrogens (tertiary/aromatic N) is 5.